The predicted molar refractivity (Wildman–Crippen MR) is 144 cm³/mol. The molecule has 0 aromatic carbocycles. The number of rotatable bonds is 7. The van der Waals surface area contributed by atoms with Crippen LogP contribution in [0.3, 0.4) is 0 Å². The maximum atomic E-state index is 16.0. The first-order valence-corrected chi connectivity index (χ1v) is 13.0. The number of hydrogen-bond acceptors (Lipinski definition) is 7. The molecule has 0 radical (unpaired) electrons. The molecule has 0 atom stereocenters. The Labute approximate surface area is 218 Å². The molecule has 0 aliphatic carbocycles. The highest BCUT2D eigenvalue weighted by molar-refractivity contribution is 5.96. The van der Waals surface area contributed by atoms with Crippen LogP contribution in [0.15, 0.2) is 36.9 Å². The summed E-state index contributed by atoms with van der Waals surface area (Å²) >= 11 is 0. The fourth-order valence-corrected chi connectivity index (χ4v) is 4.94. The molecule has 0 spiro atoms. The minimum atomic E-state index is -0.500. The van der Waals surface area contributed by atoms with Crippen LogP contribution < -0.4 is 10.2 Å². The predicted octanol–water partition coefficient (Wildman–Crippen LogP) is 5.22. The van der Waals surface area contributed by atoms with Gasteiger partial charge in [0.15, 0.2) is 17.1 Å². The van der Waals surface area contributed by atoms with Crippen molar-refractivity contribution in [1.29, 1.82) is 0 Å². The molecule has 11 heteroatoms. The van der Waals surface area contributed by atoms with Gasteiger partial charge in [-0.25, -0.2) is 19.3 Å². The van der Waals surface area contributed by atoms with E-state index in [1.165, 1.54) is 12.6 Å². The molecular formula is C27H28FN9O. The lowest BCUT2D eigenvalue weighted by Gasteiger charge is -2.28. The van der Waals surface area contributed by atoms with E-state index >= 15 is 4.39 Å². The number of nitrogens with one attached hydrogen (secondary N) is 3. The third-order valence-corrected chi connectivity index (χ3v) is 6.90. The maximum absolute atomic E-state index is 16.0. The topological polar surface area (TPSA) is 128 Å². The number of nitrogens with zero attached hydrogens (tertiary/aromatic N) is 6. The summed E-state index contributed by atoms with van der Waals surface area (Å²) in [4.78, 5) is 35.6. The molecule has 3 N–H and O–H groups in total. The van der Waals surface area contributed by atoms with E-state index in [1.807, 2.05) is 13.0 Å². The SMILES string of the molecule is CCCCC(=O)Nc1cncc(-c2cnc3[nH]nc(-c4nc5c(N6CCCCC6)ccnc5[nH]4)c3c2F)c1. The number of aromatic amines is 2. The second-order valence-electron chi connectivity index (χ2n) is 9.56. The number of piperidine rings is 1. The smallest absolute Gasteiger partial charge is 0.224 e. The number of anilines is 2. The standard InChI is InChI=1S/C27H28FN9O/c1-2-3-7-20(38)32-17-12-16(13-29-14-17)18-15-31-25-21(22(18)28)24(35-36-25)27-33-23-19(8-9-30-26(23)34-27)37-10-5-4-6-11-37/h8-9,12-15H,2-7,10-11H2,1H3,(H,32,38)(H,30,33,34)(H,31,35,36). The Balaban J connectivity index is 1.38. The number of fused-ring (bicyclic) bond motifs is 2. The number of hydrogen-bond donors (Lipinski definition) is 3. The molecule has 0 unspecified atom stereocenters. The van der Waals surface area contributed by atoms with Gasteiger partial charge in [-0.1, -0.05) is 13.3 Å². The van der Waals surface area contributed by atoms with Gasteiger partial charge in [-0.2, -0.15) is 5.10 Å². The third-order valence-electron chi connectivity index (χ3n) is 6.90. The second-order valence-corrected chi connectivity index (χ2v) is 9.56. The molecule has 6 heterocycles. The Bertz CT molecular complexity index is 1620. The number of aromatic nitrogens is 7. The number of halogens is 1. The number of pyridine rings is 3. The average molecular weight is 514 g/mol. The monoisotopic (exact) mass is 513 g/mol. The Morgan fingerprint density at radius 1 is 1.13 bits per heavy atom. The Morgan fingerprint density at radius 2 is 2.00 bits per heavy atom. The third kappa shape index (κ3) is 4.44. The molecule has 10 nitrogen and oxygen atoms in total. The molecule has 5 aromatic heterocycles. The minimum absolute atomic E-state index is 0.0978. The van der Waals surface area contributed by atoms with Gasteiger partial charge in [-0.3, -0.25) is 14.9 Å². The van der Waals surface area contributed by atoms with E-state index in [4.69, 9.17) is 4.98 Å². The van der Waals surface area contributed by atoms with Gasteiger partial charge in [0.05, 0.1) is 23.0 Å². The fourth-order valence-electron chi connectivity index (χ4n) is 4.94. The van der Waals surface area contributed by atoms with Crippen LogP contribution in [0.5, 0.6) is 0 Å². The summed E-state index contributed by atoms with van der Waals surface area (Å²) in [5.41, 5.74) is 4.26. The lowest BCUT2D eigenvalue weighted by molar-refractivity contribution is -0.116. The Morgan fingerprint density at radius 3 is 2.84 bits per heavy atom. The maximum Gasteiger partial charge on any atom is 0.224 e. The summed E-state index contributed by atoms with van der Waals surface area (Å²) in [6.45, 7) is 3.97. The minimum Gasteiger partial charge on any atom is -0.370 e. The summed E-state index contributed by atoms with van der Waals surface area (Å²) in [6.07, 6.45) is 12.0. The van der Waals surface area contributed by atoms with Gasteiger partial charge >= 0.3 is 0 Å². The van der Waals surface area contributed by atoms with Crippen LogP contribution in [0, 0.1) is 5.82 Å². The number of carbonyl (C=O) groups is 1. The summed E-state index contributed by atoms with van der Waals surface area (Å²) in [5, 5.41) is 10.2. The molecule has 0 saturated carbocycles. The van der Waals surface area contributed by atoms with E-state index < -0.39 is 5.82 Å². The van der Waals surface area contributed by atoms with E-state index in [9.17, 15) is 4.79 Å². The van der Waals surface area contributed by atoms with Crippen LogP contribution >= 0.6 is 0 Å². The molecule has 38 heavy (non-hydrogen) atoms. The zero-order valence-corrected chi connectivity index (χ0v) is 21.1. The van der Waals surface area contributed by atoms with Crippen molar-refractivity contribution in [1.82, 2.24) is 35.1 Å². The first kappa shape index (κ1) is 24.0. The van der Waals surface area contributed by atoms with Crippen LogP contribution in [0.2, 0.25) is 0 Å². The summed E-state index contributed by atoms with van der Waals surface area (Å²) in [7, 11) is 0. The lowest BCUT2D eigenvalue weighted by Crippen LogP contribution is -2.29. The molecule has 6 rings (SSSR count). The van der Waals surface area contributed by atoms with Crippen molar-refractivity contribution in [3.8, 4) is 22.6 Å². The van der Waals surface area contributed by atoms with Gasteiger partial charge < -0.3 is 15.2 Å². The highest BCUT2D eigenvalue weighted by atomic mass is 19.1. The van der Waals surface area contributed by atoms with Gasteiger partial charge in [0.25, 0.3) is 0 Å². The Kier molecular flexibility index (Phi) is 6.40. The van der Waals surface area contributed by atoms with Crippen molar-refractivity contribution < 1.29 is 9.18 Å². The van der Waals surface area contributed by atoms with Crippen molar-refractivity contribution in [2.45, 2.75) is 45.4 Å². The zero-order valence-electron chi connectivity index (χ0n) is 21.1. The van der Waals surface area contributed by atoms with E-state index in [2.05, 4.69) is 40.3 Å². The molecule has 1 fully saturated rings. The summed E-state index contributed by atoms with van der Waals surface area (Å²) in [6, 6.07) is 3.67. The number of imidazole rings is 1. The largest absolute Gasteiger partial charge is 0.370 e. The first-order chi connectivity index (χ1) is 18.6. The number of carbonyl (C=O) groups excluding carboxylic acids is 1. The molecule has 1 saturated heterocycles. The normalized spacial score (nSPS) is 13.9. The van der Waals surface area contributed by atoms with Crippen LogP contribution in [0.25, 0.3) is 44.8 Å². The molecular weight excluding hydrogens is 485 g/mol. The van der Waals surface area contributed by atoms with Gasteiger partial charge in [-0.15, -0.1) is 0 Å². The highest BCUT2D eigenvalue weighted by Gasteiger charge is 2.23. The number of unbranched alkanes of at least 4 members (excludes halogenated alkanes) is 1. The van der Waals surface area contributed by atoms with Gasteiger partial charge in [0.2, 0.25) is 5.91 Å². The van der Waals surface area contributed by atoms with Crippen molar-refractivity contribution in [2.24, 2.45) is 0 Å². The van der Waals surface area contributed by atoms with Gasteiger partial charge in [0, 0.05) is 49.2 Å². The van der Waals surface area contributed by atoms with Crippen molar-refractivity contribution in [3.05, 3.63) is 42.7 Å². The molecule has 1 aliphatic rings. The lowest BCUT2D eigenvalue weighted by atomic mass is 10.1. The van der Waals surface area contributed by atoms with Crippen LogP contribution in [-0.2, 0) is 4.79 Å². The average Bonchev–Trinajstić information content (AvgIpc) is 3.57. The van der Waals surface area contributed by atoms with Crippen molar-refractivity contribution in [2.75, 3.05) is 23.3 Å². The highest BCUT2D eigenvalue weighted by Crippen LogP contribution is 2.34. The van der Waals surface area contributed by atoms with E-state index in [-0.39, 0.29) is 16.9 Å². The van der Waals surface area contributed by atoms with E-state index in [1.54, 1.807) is 24.7 Å². The summed E-state index contributed by atoms with van der Waals surface area (Å²) < 4.78 is 16.0. The molecule has 194 valence electrons. The van der Waals surface area contributed by atoms with Crippen LogP contribution in [0.1, 0.15) is 45.4 Å². The van der Waals surface area contributed by atoms with E-state index in [0.717, 1.165) is 50.0 Å². The van der Waals surface area contributed by atoms with Gasteiger partial charge in [0.1, 0.15) is 17.0 Å². The fraction of sp³-hybridized carbons (Fsp3) is 0.333. The van der Waals surface area contributed by atoms with Gasteiger partial charge in [-0.05, 0) is 37.8 Å². The molecule has 1 aliphatic heterocycles. The quantitative estimate of drug-likeness (QED) is 0.272. The molecule has 1 amide bonds. The van der Waals surface area contributed by atoms with Crippen molar-refractivity contribution >= 4 is 39.5 Å². The number of amides is 1. The van der Waals surface area contributed by atoms with Crippen molar-refractivity contribution in [3.63, 3.8) is 0 Å². The first-order valence-electron chi connectivity index (χ1n) is 13.0. The van der Waals surface area contributed by atoms with Crippen LogP contribution in [0.4, 0.5) is 15.8 Å². The Hall–Kier alpha value is -4.41. The second kappa shape index (κ2) is 10.2. The number of H-pyrrole nitrogens is 2. The summed E-state index contributed by atoms with van der Waals surface area (Å²) in [5.74, 6) is -0.185. The molecule has 0 bridgehead atoms. The molecule has 5 aromatic rings. The zero-order chi connectivity index (χ0) is 26.1. The van der Waals surface area contributed by atoms with Crippen LogP contribution in [-0.4, -0.2) is 54.1 Å². The van der Waals surface area contributed by atoms with E-state index in [0.29, 0.717) is 40.5 Å².